The van der Waals surface area contributed by atoms with Crippen LogP contribution in [0.2, 0.25) is 0 Å². The molecule has 2 amide bonds. The minimum atomic E-state index is -2.69. The number of rotatable bonds is 7. The molecule has 5 rings (SSSR count). The van der Waals surface area contributed by atoms with E-state index in [1.54, 1.807) is 20.2 Å². The van der Waals surface area contributed by atoms with Gasteiger partial charge in [-0.05, 0) is 67.1 Å². The van der Waals surface area contributed by atoms with Crippen LogP contribution in [0.25, 0.3) is 16.9 Å². The van der Waals surface area contributed by atoms with E-state index in [0.717, 1.165) is 11.1 Å². The zero-order valence-corrected chi connectivity index (χ0v) is 25.5. The number of hydrogen-bond donors (Lipinski definition) is 6. The predicted molar refractivity (Wildman–Crippen MR) is 163 cm³/mol. The maximum Gasteiger partial charge on any atom is 0.407 e. The standard InChI is InChI=1S/C33H37N3O9/c1-15(2)14-45-32(43)35-13-16-5-7-17(8-6-16)19-9-10-22(37)24-20(19)11-18-12-21-26(36(3)4)28(39)25(31(34)42)30(41)33(21,44)29(40)23(18)27(24)38/h5-10,15,18,21,26,37-38,41,44H,11-14H2,1-4H3,(H2,34,42)(H,35,43)/t18-,21-,26-,33+/m1/s1. The van der Waals surface area contributed by atoms with Crippen LogP contribution in [0.5, 0.6) is 5.75 Å². The molecule has 0 unspecified atom stereocenters. The number of Topliss-reactive ketones (excluding diaryl/α,β-unsaturated/α-hetero) is 2. The van der Waals surface area contributed by atoms with Crippen LogP contribution in [0.3, 0.4) is 0 Å². The quantitative estimate of drug-likeness (QED) is 0.250. The van der Waals surface area contributed by atoms with Gasteiger partial charge >= 0.3 is 6.09 Å². The van der Waals surface area contributed by atoms with E-state index in [-0.39, 0.29) is 42.2 Å². The third-order valence-electron chi connectivity index (χ3n) is 8.85. The summed E-state index contributed by atoms with van der Waals surface area (Å²) >= 11 is 0. The second-order valence-corrected chi connectivity index (χ2v) is 12.5. The zero-order valence-electron chi connectivity index (χ0n) is 25.5. The van der Waals surface area contributed by atoms with Crippen LogP contribution < -0.4 is 11.1 Å². The van der Waals surface area contributed by atoms with Crippen LogP contribution in [0, 0.1) is 17.8 Å². The van der Waals surface area contributed by atoms with Crippen molar-refractivity contribution in [2.24, 2.45) is 23.5 Å². The third-order valence-corrected chi connectivity index (χ3v) is 8.85. The van der Waals surface area contributed by atoms with E-state index in [4.69, 9.17) is 10.5 Å². The molecule has 12 heteroatoms. The first kappa shape index (κ1) is 31.7. The predicted octanol–water partition coefficient (Wildman–Crippen LogP) is 2.51. The number of likely N-dealkylation sites (N-methyl/N-ethyl adjacent to an activating group) is 1. The van der Waals surface area contributed by atoms with Gasteiger partial charge in [-0.3, -0.25) is 19.3 Å². The number of primary amides is 1. The molecule has 7 N–H and O–H groups in total. The fourth-order valence-corrected chi connectivity index (χ4v) is 6.78. The van der Waals surface area contributed by atoms with Crippen molar-refractivity contribution in [2.45, 2.75) is 44.9 Å². The maximum absolute atomic E-state index is 14.0. The number of nitrogens with two attached hydrogens (primary N) is 1. The molecule has 238 valence electrons. The Labute approximate surface area is 259 Å². The van der Waals surface area contributed by atoms with Gasteiger partial charge in [0.15, 0.2) is 11.4 Å². The summed E-state index contributed by atoms with van der Waals surface area (Å²) in [5.41, 5.74) is 4.44. The molecule has 2 aromatic rings. The van der Waals surface area contributed by atoms with Crippen molar-refractivity contribution in [3.63, 3.8) is 0 Å². The number of benzene rings is 2. The summed E-state index contributed by atoms with van der Waals surface area (Å²) in [5.74, 6) is -6.74. The van der Waals surface area contributed by atoms with Crippen LogP contribution in [0.1, 0.15) is 37.0 Å². The highest BCUT2D eigenvalue weighted by molar-refractivity contribution is 6.24. The number of nitrogens with zero attached hydrogens (tertiary/aromatic N) is 1. The first-order valence-electron chi connectivity index (χ1n) is 14.7. The van der Waals surface area contributed by atoms with E-state index in [2.05, 4.69) is 5.32 Å². The van der Waals surface area contributed by atoms with Crippen LogP contribution in [0.15, 0.2) is 53.3 Å². The lowest BCUT2D eigenvalue weighted by atomic mass is 9.57. The van der Waals surface area contributed by atoms with Gasteiger partial charge in [0.25, 0.3) is 5.91 Å². The Hall–Kier alpha value is -4.68. The number of ether oxygens (including phenoxy) is 1. The van der Waals surface area contributed by atoms with E-state index >= 15 is 0 Å². The van der Waals surface area contributed by atoms with E-state index in [9.17, 15) is 39.6 Å². The Kier molecular flexibility index (Phi) is 8.23. The first-order valence-corrected chi connectivity index (χ1v) is 14.7. The topological polar surface area (TPSA) is 200 Å². The van der Waals surface area contributed by atoms with Crippen molar-refractivity contribution < 1.29 is 44.3 Å². The summed E-state index contributed by atoms with van der Waals surface area (Å²) < 4.78 is 5.14. The maximum atomic E-state index is 14.0. The number of ketones is 2. The molecule has 0 saturated heterocycles. The molecule has 1 fully saturated rings. The lowest BCUT2D eigenvalue weighted by molar-refractivity contribution is -0.153. The van der Waals surface area contributed by atoms with Gasteiger partial charge in [-0.2, -0.15) is 0 Å². The smallest absolute Gasteiger partial charge is 0.407 e. The molecular weight excluding hydrogens is 582 g/mol. The van der Waals surface area contributed by atoms with Crippen LogP contribution in [0.4, 0.5) is 4.79 Å². The summed E-state index contributed by atoms with van der Waals surface area (Å²) in [7, 11) is 3.11. The third kappa shape index (κ3) is 5.23. The number of carbonyl (C=O) groups is 4. The molecular formula is C33H37N3O9. The molecule has 3 aliphatic carbocycles. The van der Waals surface area contributed by atoms with Crippen molar-refractivity contribution in [2.75, 3.05) is 20.7 Å². The molecule has 4 atom stereocenters. The van der Waals surface area contributed by atoms with Crippen molar-refractivity contribution in [3.8, 4) is 16.9 Å². The highest BCUT2D eigenvalue weighted by atomic mass is 16.5. The van der Waals surface area contributed by atoms with Gasteiger partial charge in [0.2, 0.25) is 5.78 Å². The van der Waals surface area contributed by atoms with E-state index in [0.29, 0.717) is 17.7 Å². The second kappa shape index (κ2) is 11.7. The van der Waals surface area contributed by atoms with Gasteiger partial charge in [0.1, 0.15) is 22.8 Å². The minimum Gasteiger partial charge on any atom is -0.508 e. The molecule has 3 aliphatic rings. The molecule has 12 nitrogen and oxygen atoms in total. The van der Waals surface area contributed by atoms with Crippen molar-refractivity contribution in [3.05, 3.63) is 70.0 Å². The molecule has 2 aromatic carbocycles. The lowest BCUT2D eigenvalue weighted by Crippen LogP contribution is -2.65. The first-order chi connectivity index (χ1) is 21.2. The van der Waals surface area contributed by atoms with Crippen molar-refractivity contribution in [1.82, 2.24) is 10.2 Å². The molecule has 0 aromatic heterocycles. The highest BCUT2D eigenvalue weighted by Gasteiger charge is 2.64. The number of hydrogen-bond acceptors (Lipinski definition) is 10. The fraction of sp³-hybridized carbons (Fsp3) is 0.394. The number of amides is 2. The van der Waals surface area contributed by atoms with Crippen LogP contribution in [-0.4, -0.2) is 81.2 Å². The Bertz CT molecular complexity index is 1660. The molecule has 0 aliphatic heterocycles. The Morgan fingerprint density at radius 3 is 2.36 bits per heavy atom. The normalized spacial score (nSPS) is 24.4. The zero-order chi connectivity index (χ0) is 33.0. The molecule has 45 heavy (non-hydrogen) atoms. The number of aliphatic hydroxyl groups is 3. The Balaban J connectivity index is 1.53. The van der Waals surface area contributed by atoms with Gasteiger partial charge in [-0.15, -0.1) is 0 Å². The molecule has 0 radical (unpaired) electrons. The van der Waals surface area contributed by atoms with Gasteiger partial charge in [0.05, 0.1) is 18.2 Å². The number of aliphatic hydroxyl groups excluding tert-OH is 2. The molecule has 0 spiro atoms. The average molecular weight is 620 g/mol. The fourth-order valence-electron chi connectivity index (χ4n) is 6.78. The van der Waals surface area contributed by atoms with E-state index < -0.39 is 64.1 Å². The van der Waals surface area contributed by atoms with E-state index in [1.165, 1.54) is 11.0 Å². The minimum absolute atomic E-state index is 0.00161. The molecule has 0 bridgehead atoms. The monoisotopic (exact) mass is 619 g/mol. The molecule has 0 heterocycles. The second-order valence-electron chi connectivity index (χ2n) is 12.5. The summed E-state index contributed by atoms with van der Waals surface area (Å²) in [5, 5.41) is 47.8. The Morgan fingerprint density at radius 1 is 1.09 bits per heavy atom. The lowest BCUT2D eigenvalue weighted by Gasteiger charge is -2.50. The number of nitrogens with one attached hydrogen (secondary N) is 1. The van der Waals surface area contributed by atoms with Crippen molar-refractivity contribution in [1.29, 1.82) is 0 Å². The van der Waals surface area contributed by atoms with Crippen LogP contribution in [-0.2, 0) is 32.1 Å². The highest BCUT2D eigenvalue weighted by Crippen LogP contribution is 2.53. The number of alkyl carbamates (subject to hydrolysis) is 1. The summed E-state index contributed by atoms with van der Waals surface area (Å²) in [6, 6.07) is 9.25. The number of fused-ring (bicyclic) bond motifs is 3. The van der Waals surface area contributed by atoms with Gasteiger partial charge in [0, 0.05) is 18.0 Å². The van der Waals surface area contributed by atoms with Crippen molar-refractivity contribution >= 4 is 29.3 Å². The molecule has 1 saturated carbocycles. The largest absolute Gasteiger partial charge is 0.508 e. The number of aromatic hydroxyl groups is 1. The SMILES string of the molecule is CC(C)COC(=O)NCc1ccc(-c2ccc(O)c3c2C[C@@H]2C[C@@H]4[C@@H](N(C)C)C(=O)C(C(N)=O)=C(O)[C@@]4(O)C(=O)C2=C3O)cc1. The van der Waals surface area contributed by atoms with Gasteiger partial charge in [-0.1, -0.05) is 44.2 Å². The number of carbonyl (C=O) groups excluding carboxylic acids is 4. The van der Waals surface area contributed by atoms with E-state index in [1.807, 2.05) is 38.1 Å². The Morgan fingerprint density at radius 2 is 1.76 bits per heavy atom. The summed E-state index contributed by atoms with van der Waals surface area (Å²) in [6.45, 7) is 4.44. The number of phenolic OH excluding ortho intramolecular Hbond substituents is 1. The summed E-state index contributed by atoms with van der Waals surface area (Å²) in [6.07, 6.45) is -0.347. The van der Waals surface area contributed by atoms with Gasteiger partial charge in [-0.25, -0.2) is 4.79 Å². The number of phenols is 1. The average Bonchev–Trinajstić information content (AvgIpc) is 2.97. The van der Waals surface area contributed by atoms with Crippen LogP contribution >= 0.6 is 0 Å². The van der Waals surface area contributed by atoms with Gasteiger partial charge < -0.3 is 36.2 Å². The summed E-state index contributed by atoms with van der Waals surface area (Å²) in [4.78, 5) is 52.9.